The predicted molar refractivity (Wildman–Crippen MR) is 78.1 cm³/mol. The van der Waals surface area contributed by atoms with Gasteiger partial charge in [0, 0.05) is 18.7 Å². The molecule has 1 aliphatic carbocycles. The third kappa shape index (κ3) is 3.69. The third-order valence-electron chi connectivity index (χ3n) is 3.69. The van der Waals surface area contributed by atoms with Crippen LogP contribution in [0.5, 0.6) is 0 Å². The molecular weight excluding hydrogens is 296 g/mol. The SMILES string of the molecule is NNc1ccc([N+](=O)[O-])cc1S(=O)(=O)NCCC1CCC1. The van der Waals surface area contributed by atoms with E-state index >= 15 is 0 Å². The van der Waals surface area contributed by atoms with Gasteiger partial charge in [-0.1, -0.05) is 19.3 Å². The van der Waals surface area contributed by atoms with Crippen molar-refractivity contribution in [3.8, 4) is 0 Å². The topological polar surface area (TPSA) is 127 Å². The molecule has 4 N–H and O–H groups in total. The molecule has 1 aromatic carbocycles. The van der Waals surface area contributed by atoms with Gasteiger partial charge in [-0.15, -0.1) is 0 Å². The van der Waals surface area contributed by atoms with Gasteiger partial charge in [0.1, 0.15) is 4.90 Å². The van der Waals surface area contributed by atoms with Crippen molar-refractivity contribution in [2.45, 2.75) is 30.6 Å². The lowest BCUT2D eigenvalue weighted by Crippen LogP contribution is -2.28. The second-order valence-corrected chi connectivity index (χ2v) is 6.80. The highest BCUT2D eigenvalue weighted by molar-refractivity contribution is 7.89. The number of nitrogen functional groups attached to an aromatic ring is 1. The van der Waals surface area contributed by atoms with E-state index in [-0.39, 0.29) is 16.3 Å². The van der Waals surface area contributed by atoms with Crippen LogP contribution in [0, 0.1) is 16.0 Å². The van der Waals surface area contributed by atoms with E-state index in [9.17, 15) is 18.5 Å². The van der Waals surface area contributed by atoms with E-state index in [0.717, 1.165) is 25.3 Å². The molecule has 0 atom stereocenters. The maximum Gasteiger partial charge on any atom is 0.270 e. The lowest BCUT2D eigenvalue weighted by molar-refractivity contribution is -0.385. The second kappa shape index (κ2) is 6.37. The van der Waals surface area contributed by atoms with Crippen molar-refractivity contribution < 1.29 is 13.3 Å². The van der Waals surface area contributed by atoms with Gasteiger partial charge in [0.15, 0.2) is 0 Å². The van der Waals surface area contributed by atoms with Crippen molar-refractivity contribution in [3.63, 3.8) is 0 Å². The molecule has 1 fully saturated rings. The molecule has 0 amide bonds. The number of nitro groups is 1. The minimum Gasteiger partial charge on any atom is -0.323 e. The molecule has 0 unspecified atom stereocenters. The summed E-state index contributed by atoms with van der Waals surface area (Å²) < 4.78 is 27.0. The summed E-state index contributed by atoms with van der Waals surface area (Å²) in [6.07, 6.45) is 4.24. The van der Waals surface area contributed by atoms with Crippen LogP contribution in [0.2, 0.25) is 0 Å². The van der Waals surface area contributed by atoms with Gasteiger partial charge in [-0.2, -0.15) is 0 Å². The Balaban J connectivity index is 2.16. The third-order valence-corrected chi connectivity index (χ3v) is 5.19. The van der Waals surface area contributed by atoms with E-state index in [1.54, 1.807) is 0 Å². The zero-order valence-corrected chi connectivity index (χ0v) is 12.2. The molecule has 0 bridgehead atoms. The summed E-state index contributed by atoms with van der Waals surface area (Å²) in [5, 5.41) is 10.8. The van der Waals surface area contributed by atoms with Crippen molar-refractivity contribution in [3.05, 3.63) is 28.3 Å². The minimum atomic E-state index is -3.84. The summed E-state index contributed by atoms with van der Waals surface area (Å²) in [5.74, 6) is 5.84. The number of nitrogens with zero attached hydrogens (tertiary/aromatic N) is 1. The van der Waals surface area contributed by atoms with Crippen LogP contribution in [-0.4, -0.2) is 19.9 Å². The van der Waals surface area contributed by atoms with E-state index in [1.165, 1.54) is 18.6 Å². The van der Waals surface area contributed by atoms with Gasteiger partial charge in [-0.25, -0.2) is 13.1 Å². The van der Waals surface area contributed by atoms with Gasteiger partial charge in [0.05, 0.1) is 10.6 Å². The average Bonchev–Trinajstić information content (AvgIpc) is 2.40. The normalized spacial score (nSPS) is 15.5. The van der Waals surface area contributed by atoms with Crippen molar-refractivity contribution >= 4 is 21.4 Å². The highest BCUT2D eigenvalue weighted by Gasteiger charge is 2.23. The van der Waals surface area contributed by atoms with Crippen LogP contribution < -0.4 is 16.0 Å². The molecule has 0 radical (unpaired) electrons. The fraction of sp³-hybridized carbons (Fsp3) is 0.500. The number of nitro benzene ring substituents is 1. The van der Waals surface area contributed by atoms with Crippen LogP contribution >= 0.6 is 0 Å². The Morgan fingerprint density at radius 2 is 2.10 bits per heavy atom. The Hall–Kier alpha value is -1.71. The van der Waals surface area contributed by atoms with Crippen molar-refractivity contribution in [2.24, 2.45) is 11.8 Å². The fourth-order valence-corrected chi connectivity index (χ4v) is 3.46. The molecular formula is C12H18N4O4S. The van der Waals surface area contributed by atoms with Crippen LogP contribution in [-0.2, 0) is 10.0 Å². The Labute approximate surface area is 122 Å². The zero-order valence-electron chi connectivity index (χ0n) is 11.4. The van der Waals surface area contributed by atoms with Crippen molar-refractivity contribution in [1.29, 1.82) is 0 Å². The number of non-ortho nitro benzene ring substituents is 1. The first-order chi connectivity index (χ1) is 9.94. The Kier molecular flexibility index (Phi) is 4.76. The van der Waals surface area contributed by atoms with Gasteiger partial charge in [-0.3, -0.25) is 16.0 Å². The molecule has 2 rings (SSSR count). The second-order valence-electron chi connectivity index (χ2n) is 5.07. The van der Waals surface area contributed by atoms with Gasteiger partial charge in [0.2, 0.25) is 10.0 Å². The summed E-state index contributed by atoms with van der Waals surface area (Å²) in [5.41, 5.74) is 2.07. The van der Waals surface area contributed by atoms with E-state index in [0.29, 0.717) is 12.5 Å². The summed E-state index contributed by atoms with van der Waals surface area (Å²) in [6, 6.07) is 3.47. The van der Waals surface area contributed by atoms with Crippen LogP contribution in [0.4, 0.5) is 11.4 Å². The molecule has 0 saturated heterocycles. The van der Waals surface area contributed by atoms with Crippen LogP contribution in [0.3, 0.4) is 0 Å². The molecule has 0 heterocycles. The number of rotatable bonds is 7. The predicted octanol–water partition coefficient (Wildman–Crippen LogP) is 1.35. The standard InChI is InChI=1S/C12H18N4O4S/c13-15-11-5-4-10(16(17)18)8-12(11)21(19,20)14-7-6-9-2-1-3-9/h4-5,8-9,14-15H,1-3,6-7,13H2. The number of nitrogens with one attached hydrogen (secondary N) is 2. The van der Waals surface area contributed by atoms with Gasteiger partial charge < -0.3 is 5.43 Å². The number of hydrazine groups is 1. The van der Waals surface area contributed by atoms with Gasteiger partial charge in [-0.05, 0) is 18.4 Å². The lowest BCUT2D eigenvalue weighted by Gasteiger charge is -2.25. The first kappa shape index (κ1) is 15.7. The lowest BCUT2D eigenvalue weighted by atomic mass is 9.83. The highest BCUT2D eigenvalue weighted by Crippen LogP contribution is 2.29. The Morgan fingerprint density at radius 3 is 2.62 bits per heavy atom. The molecule has 116 valence electrons. The number of anilines is 1. The first-order valence-corrected chi connectivity index (χ1v) is 8.17. The summed E-state index contributed by atoms with van der Waals surface area (Å²) in [7, 11) is -3.84. The summed E-state index contributed by atoms with van der Waals surface area (Å²) in [4.78, 5) is 9.91. The maximum absolute atomic E-state index is 12.2. The zero-order chi connectivity index (χ0) is 15.5. The molecule has 1 saturated carbocycles. The van der Waals surface area contributed by atoms with Crippen LogP contribution in [0.1, 0.15) is 25.7 Å². The largest absolute Gasteiger partial charge is 0.323 e. The molecule has 0 aliphatic heterocycles. The minimum absolute atomic E-state index is 0.122. The van der Waals surface area contributed by atoms with Crippen molar-refractivity contribution in [1.82, 2.24) is 4.72 Å². The van der Waals surface area contributed by atoms with Crippen LogP contribution in [0.25, 0.3) is 0 Å². The van der Waals surface area contributed by atoms with Gasteiger partial charge >= 0.3 is 0 Å². The molecule has 0 spiro atoms. The first-order valence-electron chi connectivity index (χ1n) is 6.69. The Morgan fingerprint density at radius 1 is 1.38 bits per heavy atom. The average molecular weight is 314 g/mol. The number of nitrogens with two attached hydrogens (primary N) is 1. The smallest absolute Gasteiger partial charge is 0.270 e. The number of hydrogen-bond acceptors (Lipinski definition) is 6. The molecule has 8 nitrogen and oxygen atoms in total. The van der Waals surface area contributed by atoms with Crippen molar-refractivity contribution in [2.75, 3.05) is 12.0 Å². The molecule has 1 aliphatic rings. The Bertz CT molecular complexity index is 628. The van der Waals surface area contributed by atoms with E-state index in [4.69, 9.17) is 5.84 Å². The highest BCUT2D eigenvalue weighted by atomic mass is 32.2. The van der Waals surface area contributed by atoms with Crippen LogP contribution in [0.15, 0.2) is 23.1 Å². The summed E-state index contributed by atoms with van der Waals surface area (Å²) in [6.45, 7) is 0.319. The number of hydrogen-bond donors (Lipinski definition) is 3. The van der Waals surface area contributed by atoms with E-state index in [2.05, 4.69) is 10.1 Å². The molecule has 21 heavy (non-hydrogen) atoms. The fourth-order valence-electron chi connectivity index (χ4n) is 2.22. The maximum atomic E-state index is 12.2. The van der Waals surface area contributed by atoms with Gasteiger partial charge in [0.25, 0.3) is 5.69 Å². The van der Waals surface area contributed by atoms with E-state index in [1.807, 2.05) is 0 Å². The molecule has 0 aromatic heterocycles. The quantitative estimate of drug-likeness (QED) is 0.396. The number of benzene rings is 1. The number of sulfonamides is 1. The van der Waals surface area contributed by atoms with E-state index < -0.39 is 14.9 Å². The monoisotopic (exact) mass is 314 g/mol. The summed E-state index contributed by atoms with van der Waals surface area (Å²) >= 11 is 0. The molecule has 1 aromatic rings. The molecule has 9 heteroatoms.